The molecule has 1 aromatic heterocycles. The van der Waals surface area contributed by atoms with Gasteiger partial charge in [-0.05, 0) is 44.1 Å². The zero-order chi connectivity index (χ0) is 21.0. The molecule has 2 N–H and O–H groups in total. The van der Waals surface area contributed by atoms with Crippen LogP contribution < -0.4 is 15.7 Å². The van der Waals surface area contributed by atoms with E-state index in [0.29, 0.717) is 43.7 Å². The quantitative estimate of drug-likeness (QED) is 0.772. The van der Waals surface area contributed by atoms with Gasteiger partial charge in [0.15, 0.2) is 0 Å². The van der Waals surface area contributed by atoms with Gasteiger partial charge in [-0.1, -0.05) is 13.8 Å². The fourth-order valence-corrected chi connectivity index (χ4v) is 3.55. The van der Waals surface area contributed by atoms with Crippen molar-refractivity contribution < 1.29 is 18.3 Å². The summed E-state index contributed by atoms with van der Waals surface area (Å²) in [6.07, 6.45) is 3.10. The van der Waals surface area contributed by atoms with Gasteiger partial charge in [0.1, 0.15) is 23.1 Å². The summed E-state index contributed by atoms with van der Waals surface area (Å²) in [5, 5.41) is 2.92. The summed E-state index contributed by atoms with van der Waals surface area (Å²) < 4.78 is 32.2. The van der Waals surface area contributed by atoms with Gasteiger partial charge < -0.3 is 15.0 Å². The highest BCUT2D eigenvalue weighted by atomic mass is 19.1. The molecule has 2 aromatic rings. The van der Waals surface area contributed by atoms with Crippen LogP contribution in [0.4, 0.5) is 8.78 Å². The van der Waals surface area contributed by atoms with Crippen LogP contribution in [0.25, 0.3) is 0 Å². The molecule has 6 nitrogen and oxygen atoms in total. The van der Waals surface area contributed by atoms with Gasteiger partial charge in [0.2, 0.25) is 0 Å². The highest BCUT2D eigenvalue weighted by Crippen LogP contribution is 2.25. The van der Waals surface area contributed by atoms with Crippen LogP contribution in [0.2, 0.25) is 0 Å². The SMILES string of the molecule is CC(C)Cc1cc(C(=O)NC2CCC(Oc3cc(F)cc(F)c3)CC2)nc(=O)[nH]1. The molecule has 1 fully saturated rings. The van der Waals surface area contributed by atoms with Crippen molar-refractivity contribution in [2.45, 2.75) is 58.1 Å². The molecule has 3 rings (SSSR count). The number of ether oxygens (including phenoxy) is 1. The molecule has 29 heavy (non-hydrogen) atoms. The Morgan fingerprint density at radius 1 is 1.17 bits per heavy atom. The van der Waals surface area contributed by atoms with E-state index in [0.717, 1.165) is 18.2 Å². The number of benzene rings is 1. The van der Waals surface area contributed by atoms with Crippen LogP contribution >= 0.6 is 0 Å². The molecule has 1 saturated carbocycles. The standard InChI is InChI=1S/C21H25F2N3O3/c1-12(2)7-16-11-19(26-21(28)25-16)20(27)24-15-3-5-17(6-4-15)29-18-9-13(22)8-14(23)10-18/h8-12,15,17H,3-7H2,1-2H3,(H,24,27)(H,25,26,28). The van der Waals surface area contributed by atoms with E-state index in [4.69, 9.17) is 4.74 Å². The highest BCUT2D eigenvalue weighted by molar-refractivity contribution is 5.92. The second-order valence-corrected chi connectivity index (χ2v) is 7.86. The third kappa shape index (κ3) is 6.10. The minimum Gasteiger partial charge on any atom is -0.490 e. The number of carbonyl (C=O) groups excluding carboxylic acids is 1. The maximum Gasteiger partial charge on any atom is 0.345 e. The second-order valence-electron chi connectivity index (χ2n) is 7.86. The lowest BCUT2D eigenvalue weighted by Gasteiger charge is -2.29. The Labute approximate surface area is 167 Å². The van der Waals surface area contributed by atoms with Crippen LogP contribution in [0.5, 0.6) is 5.75 Å². The molecule has 1 aromatic carbocycles. The molecule has 0 aliphatic heterocycles. The van der Waals surface area contributed by atoms with Gasteiger partial charge >= 0.3 is 5.69 Å². The fourth-order valence-electron chi connectivity index (χ4n) is 3.55. The van der Waals surface area contributed by atoms with Gasteiger partial charge in [0, 0.05) is 29.9 Å². The lowest BCUT2D eigenvalue weighted by atomic mass is 9.92. The summed E-state index contributed by atoms with van der Waals surface area (Å²) in [7, 11) is 0. The van der Waals surface area contributed by atoms with E-state index in [1.165, 1.54) is 0 Å². The second kappa shape index (κ2) is 9.15. The molecule has 0 atom stereocenters. The summed E-state index contributed by atoms with van der Waals surface area (Å²) in [6, 6.07) is 4.66. The van der Waals surface area contributed by atoms with Crippen LogP contribution in [-0.4, -0.2) is 28.0 Å². The number of halogens is 2. The molecule has 1 aliphatic rings. The van der Waals surface area contributed by atoms with Crippen molar-refractivity contribution in [1.82, 2.24) is 15.3 Å². The molecule has 0 unspecified atom stereocenters. The molecular formula is C21H25F2N3O3. The first kappa shape index (κ1) is 21.0. The van der Waals surface area contributed by atoms with Crippen LogP contribution in [0.15, 0.2) is 29.1 Å². The van der Waals surface area contributed by atoms with Crippen molar-refractivity contribution in [1.29, 1.82) is 0 Å². The zero-order valence-corrected chi connectivity index (χ0v) is 16.5. The number of nitrogens with zero attached hydrogens (tertiary/aromatic N) is 1. The first-order valence-corrected chi connectivity index (χ1v) is 9.82. The number of carbonyl (C=O) groups is 1. The molecule has 1 heterocycles. The number of hydrogen-bond acceptors (Lipinski definition) is 4. The lowest BCUT2D eigenvalue weighted by Crippen LogP contribution is -2.40. The van der Waals surface area contributed by atoms with E-state index in [-0.39, 0.29) is 29.5 Å². The third-order valence-electron chi connectivity index (χ3n) is 4.81. The van der Waals surface area contributed by atoms with Gasteiger partial charge in [0.05, 0.1) is 6.10 Å². The Morgan fingerprint density at radius 2 is 1.83 bits per heavy atom. The number of hydrogen-bond donors (Lipinski definition) is 2. The van der Waals surface area contributed by atoms with Crippen LogP contribution in [0.3, 0.4) is 0 Å². The largest absolute Gasteiger partial charge is 0.490 e. The Hall–Kier alpha value is -2.77. The summed E-state index contributed by atoms with van der Waals surface area (Å²) in [4.78, 5) is 30.7. The normalized spacial score (nSPS) is 19.2. The Balaban J connectivity index is 1.54. The van der Waals surface area contributed by atoms with Gasteiger partial charge in [-0.15, -0.1) is 0 Å². The van der Waals surface area contributed by atoms with Gasteiger partial charge in [0.25, 0.3) is 5.91 Å². The summed E-state index contributed by atoms with van der Waals surface area (Å²) in [5.74, 6) is -1.23. The minimum atomic E-state index is -0.678. The van der Waals surface area contributed by atoms with Gasteiger partial charge in [-0.3, -0.25) is 4.79 Å². The first-order chi connectivity index (χ1) is 13.8. The zero-order valence-electron chi connectivity index (χ0n) is 16.5. The molecule has 156 valence electrons. The fraction of sp³-hybridized carbons (Fsp3) is 0.476. The molecule has 1 aliphatic carbocycles. The summed E-state index contributed by atoms with van der Waals surface area (Å²) >= 11 is 0. The number of rotatable bonds is 6. The lowest BCUT2D eigenvalue weighted by molar-refractivity contribution is 0.0887. The smallest absolute Gasteiger partial charge is 0.345 e. The average Bonchev–Trinajstić information content (AvgIpc) is 2.61. The van der Waals surface area contributed by atoms with Gasteiger partial charge in [-0.25, -0.2) is 13.6 Å². The highest BCUT2D eigenvalue weighted by Gasteiger charge is 2.25. The van der Waals surface area contributed by atoms with E-state index in [9.17, 15) is 18.4 Å². The Morgan fingerprint density at radius 3 is 2.45 bits per heavy atom. The topological polar surface area (TPSA) is 84.1 Å². The third-order valence-corrected chi connectivity index (χ3v) is 4.81. The summed E-state index contributed by atoms with van der Waals surface area (Å²) in [5.41, 5.74) is 0.260. The van der Waals surface area contributed by atoms with E-state index in [1.807, 2.05) is 13.8 Å². The Bertz CT molecular complexity index is 901. The number of aromatic amines is 1. The van der Waals surface area contributed by atoms with Crippen LogP contribution in [0, 0.1) is 17.6 Å². The van der Waals surface area contributed by atoms with E-state index < -0.39 is 17.3 Å². The molecule has 0 saturated heterocycles. The van der Waals surface area contributed by atoms with Crippen molar-refractivity contribution in [3.8, 4) is 5.75 Å². The number of H-pyrrole nitrogens is 1. The average molecular weight is 405 g/mol. The number of aromatic nitrogens is 2. The predicted molar refractivity (Wildman–Crippen MR) is 104 cm³/mol. The van der Waals surface area contributed by atoms with Crippen molar-refractivity contribution in [3.63, 3.8) is 0 Å². The molecule has 0 bridgehead atoms. The number of nitrogens with one attached hydrogen (secondary N) is 2. The molecule has 8 heteroatoms. The molecular weight excluding hydrogens is 380 g/mol. The Kier molecular flexibility index (Phi) is 6.61. The number of amides is 1. The van der Waals surface area contributed by atoms with Crippen molar-refractivity contribution in [2.24, 2.45) is 5.92 Å². The molecule has 0 spiro atoms. The summed E-state index contributed by atoms with van der Waals surface area (Å²) in [6.45, 7) is 4.05. The molecule has 0 radical (unpaired) electrons. The van der Waals surface area contributed by atoms with E-state index in [2.05, 4.69) is 15.3 Å². The van der Waals surface area contributed by atoms with Crippen LogP contribution in [0.1, 0.15) is 55.7 Å². The monoisotopic (exact) mass is 405 g/mol. The predicted octanol–water partition coefficient (Wildman–Crippen LogP) is 3.37. The van der Waals surface area contributed by atoms with Gasteiger partial charge in [-0.2, -0.15) is 4.98 Å². The van der Waals surface area contributed by atoms with E-state index >= 15 is 0 Å². The molecule has 1 amide bonds. The van der Waals surface area contributed by atoms with E-state index in [1.54, 1.807) is 6.07 Å². The minimum absolute atomic E-state index is 0.0683. The first-order valence-electron chi connectivity index (χ1n) is 9.82. The maximum atomic E-state index is 13.3. The van der Waals surface area contributed by atoms with Crippen LogP contribution in [-0.2, 0) is 6.42 Å². The van der Waals surface area contributed by atoms with Crippen molar-refractivity contribution in [2.75, 3.05) is 0 Å². The van der Waals surface area contributed by atoms with Crippen molar-refractivity contribution >= 4 is 5.91 Å². The maximum absolute atomic E-state index is 13.3. The van der Waals surface area contributed by atoms with Crippen molar-refractivity contribution in [3.05, 3.63) is 57.8 Å².